The first-order valence-electron chi connectivity index (χ1n) is 6.70. The zero-order valence-electron chi connectivity index (χ0n) is 11.0. The summed E-state index contributed by atoms with van der Waals surface area (Å²) in [6, 6.07) is 0. The van der Waals surface area contributed by atoms with Crippen molar-refractivity contribution in [2.24, 2.45) is 17.3 Å². The molecule has 1 amide bonds. The molecule has 1 aliphatic carbocycles. The first-order chi connectivity index (χ1) is 8.58. The molecule has 5 heteroatoms. The molecule has 3 rings (SSSR count). The lowest BCUT2D eigenvalue weighted by Gasteiger charge is -2.60. The summed E-state index contributed by atoms with van der Waals surface area (Å²) in [5, 5.41) is 7.92. The van der Waals surface area contributed by atoms with E-state index in [4.69, 9.17) is 0 Å². The maximum absolute atomic E-state index is 12.0. The molecule has 1 spiro atoms. The van der Waals surface area contributed by atoms with Crippen molar-refractivity contribution in [3.8, 4) is 0 Å². The van der Waals surface area contributed by atoms with Gasteiger partial charge in [0.25, 0.3) is 0 Å². The molecular weight excluding hydrogens is 228 g/mol. The summed E-state index contributed by atoms with van der Waals surface area (Å²) in [5.41, 5.74) is 0.460. The quantitative estimate of drug-likeness (QED) is 0.807. The Morgan fingerprint density at radius 2 is 1.94 bits per heavy atom. The largest absolute Gasteiger partial charge is 0.340 e. The third-order valence-electron chi connectivity index (χ3n) is 4.48. The number of hydrogen-bond donors (Lipinski definition) is 0. The average Bonchev–Trinajstić information content (AvgIpc) is 2.65. The van der Waals surface area contributed by atoms with E-state index in [1.165, 1.54) is 17.6 Å². The molecule has 1 aliphatic heterocycles. The summed E-state index contributed by atoms with van der Waals surface area (Å²) >= 11 is 0. The van der Waals surface area contributed by atoms with E-state index >= 15 is 0 Å². The highest BCUT2D eigenvalue weighted by Crippen LogP contribution is 2.54. The van der Waals surface area contributed by atoms with E-state index in [9.17, 15) is 4.79 Å². The van der Waals surface area contributed by atoms with E-state index in [0.29, 0.717) is 5.41 Å². The topological polar surface area (TPSA) is 51.0 Å². The maximum atomic E-state index is 12.0. The lowest BCUT2D eigenvalue weighted by molar-refractivity contribution is -0.158. The molecular formula is C13H20N4O. The van der Waals surface area contributed by atoms with Crippen molar-refractivity contribution in [1.82, 2.24) is 19.9 Å². The normalized spacial score (nSPS) is 22.1. The summed E-state index contributed by atoms with van der Waals surface area (Å²) in [7, 11) is 0. The van der Waals surface area contributed by atoms with Gasteiger partial charge in [-0.2, -0.15) is 15.0 Å². The summed E-state index contributed by atoms with van der Waals surface area (Å²) in [6.07, 6.45) is 5.80. The molecule has 0 unspecified atom stereocenters. The van der Waals surface area contributed by atoms with Gasteiger partial charge in [-0.25, -0.2) is 0 Å². The zero-order chi connectivity index (χ0) is 12.8. The van der Waals surface area contributed by atoms with E-state index in [-0.39, 0.29) is 12.5 Å². The van der Waals surface area contributed by atoms with Crippen LogP contribution in [-0.4, -0.2) is 38.9 Å². The van der Waals surface area contributed by atoms with E-state index in [1.54, 1.807) is 12.4 Å². The Morgan fingerprint density at radius 1 is 1.33 bits per heavy atom. The Morgan fingerprint density at radius 3 is 2.50 bits per heavy atom. The lowest BCUT2D eigenvalue weighted by atomic mass is 9.55. The first-order valence-corrected chi connectivity index (χ1v) is 6.70. The van der Waals surface area contributed by atoms with Crippen LogP contribution in [0.15, 0.2) is 12.4 Å². The van der Waals surface area contributed by atoms with Gasteiger partial charge >= 0.3 is 0 Å². The van der Waals surface area contributed by atoms with Crippen LogP contribution in [0.5, 0.6) is 0 Å². The summed E-state index contributed by atoms with van der Waals surface area (Å²) in [5.74, 6) is 1.80. The summed E-state index contributed by atoms with van der Waals surface area (Å²) in [4.78, 5) is 15.4. The molecule has 0 radical (unpaired) electrons. The van der Waals surface area contributed by atoms with Crippen molar-refractivity contribution < 1.29 is 4.79 Å². The van der Waals surface area contributed by atoms with Gasteiger partial charge in [-0.3, -0.25) is 4.79 Å². The molecule has 1 aromatic heterocycles. The zero-order valence-corrected chi connectivity index (χ0v) is 11.0. The monoisotopic (exact) mass is 248 g/mol. The number of nitrogens with zero attached hydrogens (tertiary/aromatic N) is 4. The van der Waals surface area contributed by atoms with Gasteiger partial charge in [0.15, 0.2) is 0 Å². The molecule has 98 valence electrons. The minimum Gasteiger partial charge on any atom is -0.340 e. The van der Waals surface area contributed by atoms with Crippen LogP contribution in [0.1, 0.15) is 26.7 Å². The van der Waals surface area contributed by atoms with Gasteiger partial charge in [0.05, 0.1) is 12.4 Å². The van der Waals surface area contributed by atoms with Gasteiger partial charge in [-0.15, -0.1) is 0 Å². The van der Waals surface area contributed by atoms with Gasteiger partial charge in [0.1, 0.15) is 6.54 Å². The summed E-state index contributed by atoms with van der Waals surface area (Å²) in [6.45, 7) is 6.74. The van der Waals surface area contributed by atoms with Crippen molar-refractivity contribution in [2.45, 2.75) is 33.2 Å². The lowest BCUT2D eigenvalue weighted by Crippen LogP contribution is -2.64. The van der Waals surface area contributed by atoms with Gasteiger partial charge in [0, 0.05) is 18.5 Å². The smallest absolute Gasteiger partial charge is 0.246 e. The van der Waals surface area contributed by atoms with E-state index in [1.807, 2.05) is 4.90 Å². The molecule has 0 atom stereocenters. The second-order valence-electron chi connectivity index (χ2n) is 6.22. The van der Waals surface area contributed by atoms with Crippen molar-refractivity contribution in [3.05, 3.63) is 12.4 Å². The van der Waals surface area contributed by atoms with Crippen LogP contribution in [0.2, 0.25) is 0 Å². The highest BCUT2D eigenvalue weighted by atomic mass is 16.2. The predicted molar refractivity (Wildman–Crippen MR) is 66.6 cm³/mol. The Labute approximate surface area is 107 Å². The second-order valence-corrected chi connectivity index (χ2v) is 6.22. The molecule has 1 saturated carbocycles. The molecule has 0 N–H and O–H groups in total. The minimum atomic E-state index is 0.143. The maximum Gasteiger partial charge on any atom is 0.246 e. The number of amides is 1. The third kappa shape index (κ3) is 1.91. The molecule has 2 heterocycles. The Bertz CT molecular complexity index is 426. The Hall–Kier alpha value is -1.39. The fourth-order valence-corrected chi connectivity index (χ4v) is 3.27. The van der Waals surface area contributed by atoms with Crippen LogP contribution in [0.25, 0.3) is 0 Å². The van der Waals surface area contributed by atoms with Crippen molar-refractivity contribution >= 4 is 5.91 Å². The Kier molecular flexibility index (Phi) is 2.64. The van der Waals surface area contributed by atoms with E-state index in [2.05, 4.69) is 24.0 Å². The Balaban J connectivity index is 1.47. The fraction of sp³-hybridized carbons (Fsp3) is 0.769. The molecule has 18 heavy (non-hydrogen) atoms. The van der Waals surface area contributed by atoms with Crippen LogP contribution >= 0.6 is 0 Å². The highest BCUT2D eigenvalue weighted by Gasteiger charge is 2.53. The number of aromatic nitrogens is 3. The average molecular weight is 248 g/mol. The SMILES string of the molecule is CC(C)C1CC2(C1)CN(C(=O)Cn1nccn1)C2. The molecule has 5 nitrogen and oxygen atoms in total. The van der Waals surface area contributed by atoms with Crippen molar-refractivity contribution in [2.75, 3.05) is 13.1 Å². The number of carbonyl (C=O) groups is 1. The number of likely N-dealkylation sites (tertiary alicyclic amines) is 1. The number of rotatable bonds is 3. The third-order valence-corrected chi connectivity index (χ3v) is 4.48. The van der Waals surface area contributed by atoms with Crippen LogP contribution in [0.3, 0.4) is 0 Å². The van der Waals surface area contributed by atoms with E-state index < -0.39 is 0 Å². The molecule has 2 aliphatic rings. The molecule has 0 bridgehead atoms. The van der Waals surface area contributed by atoms with Gasteiger partial charge in [-0.05, 0) is 24.7 Å². The van der Waals surface area contributed by atoms with E-state index in [0.717, 1.165) is 24.9 Å². The molecule has 2 fully saturated rings. The molecule has 0 aromatic carbocycles. The molecule has 1 saturated heterocycles. The van der Waals surface area contributed by atoms with Gasteiger partial charge in [0.2, 0.25) is 5.91 Å². The number of carbonyl (C=O) groups excluding carboxylic acids is 1. The van der Waals surface area contributed by atoms with Crippen molar-refractivity contribution in [1.29, 1.82) is 0 Å². The van der Waals surface area contributed by atoms with Crippen LogP contribution in [0, 0.1) is 17.3 Å². The standard InChI is InChI=1S/C13H20N4O/c1-10(2)11-5-13(6-11)8-16(9-13)12(18)7-17-14-3-4-15-17/h3-4,10-11H,5-9H2,1-2H3. The van der Waals surface area contributed by atoms with Gasteiger partial charge in [-0.1, -0.05) is 13.8 Å². The van der Waals surface area contributed by atoms with Crippen molar-refractivity contribution in [3.63, 3.8) is 0 Å². The second kappa shape index (κ2) is 4.07. The predicted octanol–water partition coefficient (Wildman–Crippen LogP) is 1.17. The highest BCUT2D eigenvalue weighted by molar-refractivity contribution is 5.77. The first kappa shape index (κ1) is 11.7. The molecule has 1 aromatic rings. The van der Waals surface area contributed by atoms with Crippen LogP contribution in [-0.2, 0) is 11.3 Å². The van der Waals surface area contributed by atoms with Crippen LogP contribution in [0.4, 0.5) is 0 Å². The van der Waals surface area contributed by atoms with Crippen LogP contribution < -0.4 is 0 Å². The minimum absolute atomic E-state index is 0.143. The number of hydrogen-bond acceptors (Lipinski definition) is 3. The fourth-order valence-electron chi connectivity index (χ4n) is 3.27. The summed E-state index contributed by atoms with van der Waals surface area (Å²) < 4.78 is 0. The van der Waals surface area contributed by atoms with Gasteiger partial charge < -0.3 is 4.90 Å².